The molecule has 1 saturated heterocycles. The van der Waals surface area contributed by atoms with Crippen molar-refractivity contribution in [2.24, 2.45) is 0 Å². The molecular formula is C13H19FN2. The highest BCUT2D eigenvalue weighted by Gasteiger charge is 2.26. The van der Waals surface area contributed by atoms with E-state index in [4.69, 9.17) is 0 Å². The third-order valence-electron chi connectivity index (χ3n) is 3.07. The van der Waals surface area contributed by atoms with Crippen molar-refractivity contribution in [3.05, 3.63) is 29.6 Å². The van der Waals surface area contributed by atoms with Gasteiger partial charge in [-0.15, -0.1) is 0 Å². The predicted molar refractivity (Wildman–Crippen MR) is 65.4 cm³/mol. The van der Waals surface area contributed by atoms with Gasteiger partial charge in [-0.25, -0.2) is 4.39 Å². The van der Waals surface area contributed by atoms with E-state index in [1.165, 1.54) is 6.07 Å². The van der Waals surface area contributed by atoms with E-state index in [-0.39, 0.29) is 11.4 Å². The van der Waals surface area contributed by atoms with Crippen LogP contribution < -0.4 is 10.2 Å². The third-order valence-corrected chi connectivity index (χ3v) is 3.07. The molecule has 1 heterocycles. The van der Waals surface area contributed by atoms with E-state index < -0.39 is 0 Å². The van der Waals surface area contributed by atoms with Crippen LogP contribution in [0.4, 0.5) is 10.1 Å². The molecule has 1 N–H and O–H groups in total. The Hall–Kier alpha value is -1.09. The number of nitrogens with zero attached hydrogens (tertiary/aromatic N) is 1. The summed E-state index contributed by atoms with van der Waals surface area (Å²) >= 11 is 0. The van der Waals surface area contributed by atoms with E-state index >= 15 is 0 Å². The molecule has 0 amide bonds. The average molecular weight is 222 g/mol. The van der Waals surface area contributed by atoms with Crippen molar-refractivity contribution in [3.63, 3.8) is 0 Å². The first-order chi connectivity index (χ1) is 7.48. The molecular weight excluding hydrogens is 203 g/mol. The Labute approximate surface area is 96.5 Å². The normalized spacial score (nSPS) is 19.9. The molecule has 0 radical (unpaired) electrons. The van der Waals surface area contributed by atoms with Gasteiger partial charge in [0.15, 0.2) is 0 Å². The number of piperazine rings is 1. The number of anilines is 1. The van der Waals surface area contributed by atoms with Crippen LogP contribution in [0.1, 0.15) is 19.4 Å². The molecule has 1 fully saturated rings. The van der Waals surface area contributed by atoms with E-state index in [9.17, 15) is 4.39 Å². The zero-order chi connectivity index (χ0) is 11.8. The van der Waals surface area contributed by atoms with E-state index in [1.54, 1.807) is 6.07 Å². The number of nitrogens with one attached hydrogen (secondary N) is 1. The molecule has 0 atom stereocenters. The van der Waals surface area contributed by atoms with Crippen molar-refractivity contribution < 1.29 is 4.39 Å². The Morgan fingerprint density at radius 3 is 2.75 bits per heavy atom. The van der Waals surface area contributed by atoms with Crippen molar-refractivity contribution in [2.75, 3.05) is 24.5 Å². The van der Waals surface area contributed by atoms with E-state index in [2.05, 4.69) is 24.1 Å². The van der Waals surface area contributed by atoms with Crippen LogP contribution in [0.2, 0.25) is 0 Å². The van der Waals surface area contributed by atoms with Gasteiger partial charge in [-0.3, -0.25) is 0 Å². The first-order valence-electron chi connectivity index (χ1n) is 5.74. The summed E-state index contributed by atoms with van der Waals surface area (Å²) in [4.78, 5) is 2.32. The van der Waals surface area contributed by atoms with Crippen LogP contribution in [-0.4, -0.2) is 25.2 Å². The minimum absolute atomic E-state index is 0.124. The molecule has 3 heteroatoms. The molecule has 0 bridgehead atoms. The number of hydrogen-bond donors (Lipinski definition) is 1. The van der Waals surface area contributed by atoms with Gasteiger partial charge < -0.3 is 10.2 Å². The van der Waals surface area contributed by atoms with Gasteiger partial charge in [-0.05, 0) is 44.5 Å². The molecule has 1 aromatic rings. The molecule has 16 heavy (non-hydrogen) atoms. The predicted octanol–water partition coefficient (Wildman–Crippen LogP) is 2.32. The van der Waals surface area contributed by atoms with Gasteiger partial charge in [-0.2, -0.15) is 0 Å². The fourth-order valence-electron chi connectivity index (χ4n) is 2.32. The second-order valence-corrected chi connectivity index (χ2v) is 5.16. The van der Waals surface area contributed by atoms with Gasteiger partial charge in [0.05, 0.1) is 0 Å². The fourth-order valence-corrected chi connectivity index (χ4v) is 2.32. The highest BCUT2D eigenvalue weighted by Crippen LogP contribution is 2.24. The second kappa shape index (κ2) is 4.06. The van der Waals surface area contributed by atoms with Gasteiger partial charge in [-0.1, -0.05) is 0 Å². The average Bonchev–Trinajstić information content (AvgIpc) is 2.15. The summed E-state index contributed by atoms with van der Waals surface area (Å²) in [6.45, 7) is 9.27. The molecule has 2 rings (SSSR count). The summed E-state index contributed by atoms with van der Waals surface area (Å²) in [7, 11) is 0. The standard InChI is InChI=1S/C13H19FN2/c1-10-8-11(14)4-5-12(10)16-7-6-15-13(2,3)9-16/h4-5,8,15H,6-7,9H2,1-3H3. The maximum Gasteiger partial charge on any atom is 0.123 e. The van der Waals surface area contributed by atoms with Crippen LogP contribution in [0.5, 0.6) is 0 Å². The lowest BCUT2D eigenvalue weighted by molar-refractivity contribution is 0.353. The lowest BCUT2D eigenvalue weighted by Crippen LogP contribution is -2.57. The lowest BCUT2D eigenvalue weighted by atomic mass is 10.0. The van der Waals surface area contributed by atoms with E-state index in [1.807, 2.05) is 13.0 Å². The molecule has 88 valence electrons. The molecule has 0 aliphatic carbocycles. The number of hydrogen-bond acceptors (Lipinski definition) is 2. The van der Waals surface area contributed by atoms with Crippen LogP contribution in [0.15, 0.2) is 18.2 Å². The summed E-state index contributed by atoms with van der Waals surface area (Å²) < 4.78 is 13.0. The zero-order valence-electron chi connectivity index (χ0n) is 10.2. The van der Waals surface area contributed by atoms with Gasteiger partial charge >= 0.3 is 0 Å². The smallest absolute Gasteiger partial charge is 0.123 e. The van der Waals surface area contributed by atoms with Crippen molar-refractivity contribution in [1.82, 2.24) is 5.32 Å². The third kappa shape index (κ3) is 2.35. The molecule has 1 aliphatic rings. The Morgan fingerprint density at radius 1 is 1.38 bits per heavy atom. The topological polar surface area (TPSA) is 15.3 Å². The van der Waals surface area contributed by atoms with Gasteiger partial charge in [0.25, 0.3) is 0 Å². The zero-order valence-corrected chi connectivity index (χ0v) is 10.2. The molecule has 1 aliphatic heterocycles. The van der Waals surface area contributed by atoms with Crippen LogP contribution >= 0.6 is 0 Å². The van der Waals surface area contributed by atoms with Crippen molar-refractivity contribution in [2.45, 2.75) is 26.3 Å². The van der Waals surface area contributed by atoms with Crippen LogP contribution in [0, 0.1) is 12.7 Å². The van der Waals surface area contributed by atoms with Gasteiger partial charge in [0.2, 0.25) is 0 Å². The van der Waals surface area contributed by atoms with Crippen LogP contribution in [-0.2, 0) is 0 Å². The molecule has 2 nitrogen and oxygen atoms in total. The van der Waals surface area contributed by atoms with Crippen molar-refractivity contribution in [1.29, 1.82) is 0 Å². The summed E-state index contributed by atoms with van der Waals surface area (Å²) in [6, 6.07) is 5.02. The van der Waals surface area contributed by atoms with Crippen molar-refractivity contribution >= 4 is 5.69 Å². The molecule has 0 aromatic heterocycles. The van der Waals surface area contributed by atoms with Gasteiger partial charge in [0.1, 0.15) is 5.82 Å². The first kappa shape index (κ1) is 11.4. The minimum atomic E-state index is -0.157. The number of aryl methyl sites for hydroxylation is 1. The minimum Gasteiger partial charge on any atom is -0.368 e. The fraction of sp³-hybridized carbons (Fsp3) is 0.538. The summed E-state index contributed by atoms with van der Waals surface area (Å²) in [5, 5.41) is 3.47. The SMILES string of the molecule is Cc1cc(F)ccc1N1CCNC(C)(C)C1. The Kier molecular flexibility index (Phi) is 2.89. The highest BCUT2D eigenvalue weighted by molar-refractivity contribution is 5.54. The van der Waals surface area contributed by atoms with Crippen LogP contribution in [0.25, 0.3) is 0 Å². The number of rotatable bonds is 1. The molecule has 0 unspecified atom stereocenters. The second-order valence-electron chi connectivity index (χ2n) is 5.16. The Bertz CT molecular complexity index is 388. The summed E-state index contributed by atoms with van der Waals surface area (Å²) in [6.07, 6.45) is 0. The quantitative estimate of drug-likeness (QED) is 0.784. The maximum atomic E-state index is 13.0. The highest BCUT2D eigenvalue weighted by atomic mass is 19.1. The van der Waals surface area contributed by atoms with Gasteiger partial charge in [0, 0.05) is 30.9 Å². The first-order valence-corrected chi connectivity index (χ1v) is 5.74. The summed E-state index contributed by atoms with van der Waals surface area (Å²) in [5.74, 6) is -0.157. The number of halogens is 1. The summed E-state index contributed by atoms with van der Waals surface area (Å²) in [5.41, 5.74) is 2.28. The van der Waals surface area contributed by atoms with E-state index in [0.29, 0.717) is 0 Å². The van der Waals surface area contributed by atoms with Crippen LogP contribution in [0.3, 0.4) is 0 Å². The largest absolute Gasteiger partial charge is 0.368 e. The van der Waals surface area contributed by atoms with E-state index in [0.717, 1.165) is 30.9 Å². The molecule has 0 spiro atoms. The Morgan fingerprint density at radius 2 is 2.12 bits per heavy atom. The monoisotopic (exact) mass is 222 g/mol. The lowest BCUT2D eigenvalue weighted by Gasteiger charge is -2.41. The van der Waals surface area contributed by atoms with Crippen molar-refractivity contribution in [3.8, 4) is 0 Å². The molecule has 0 saturated carbocycles. The number of benzene rings is 1. The molecule has 1 aromatic carbocycles. The Balaban J connectivity index is 2.23. The maximum absolute atomic E-state index is 13.0.